The number of aryl methyl sites for hydroxylation is 1. The van der Waals surface area contributed by atoms with Crippen molar-refractivity contribution in [3.05, 3.63) is 29.8 Å². The number of Topliss-reactive ketones (excluding diaryl/α,β-unsaturated/α-hetero) is 1. The molecule has 0 aromatic heterocycles. The van der Waals surface area contributed by atoms with Crippen LogP contribution in [0.5, 0.6) is 0 Å². The summed E-state index contributed by atoms with van der Waals surface area (Å²) in [5.41, 5.74) is 0.293. The molecule has 6 heteroatoms. The van der Waals surface area contributed by atoms with Crippen LogP contribution in [0, 0.1) is 24.2 Å². The van der Waals surface area contributed by atoms with Gasteiger partial charge in [0.1, 0.15) is 5.78 Å². The summed E-state index contributed by atoms with van der Waals surface area (Å²) in [5.74, 6) is 0.466. The number of hydrogen-bond donors (Lipinski definition) is 1. The zero-order chi connectivity index (χ0) is 17.3. The molecule has 1 N–H and O–H groups in total. The second-order valence-electron chi connectivity index (χ2n) is 6.84. The maximum atomic E-state index is 12.5. The van der Waals surface area contributed by atoms with Gasteiger partial charge in [-0.05, 0) is 44.7 Å². The average molecular weight is 336 g/mol. The highest BCUT2D eigenvalue weighted by molar-refractivity contribution is 7.89. The van der Waals surface area contributed by atoms with Gasteiger partial charge in [-0.3, -0.25) is 4.79 Å². The molecule has 1 fully saturated rings. The lowest BCUT2D eigenvalue weighted by Crippen LogP contribution is -2.30. The van der Waals surface area contributed by atoms with Gasteiger partial charge in [0.05, 0.1) is 10.3 Å². The lowest BCUT2D eigenvalue weighted by atomic mass is 9.85. The summed E-state index contributed by atoms with van der Waals surface area (Å²) < 4.78 is 24.3. The third-order valence-corrected chi connectivity index (χ3v) is 5.77. The zero-order valence-corrected chi connectivity index (χ0v) is 14.9. The smallest absolute Gasteiger partial charge is 0.276 e. The van der Waals surface area contributed by atoms with E-state index in [1.54, 1.807) is 12.1 Å². The number of ketones is 1. The van der Waals surface area contributed by atoms with Gasteiger partial charge >= 0.3 is 0 Å². The molecule has 23 heavy (non-hydrogen) atoms. The molecule has 0 aliphatic heterocycles. The van der Waals surface area contributed by atoms with Gasteiger partial charge in [0.2, 0.25) is 0 Å². The fraction of sp³-hybridized carbons (Fsp3) is 0.529. The fourth-order valence-electron chi connectivity index (χ4n) is 2.91. The van der Waals surface area contributed by atoms with Crippen LogP contribution in [0.4, 0.5) is 0 Å². The van der Waals surface area contributed by atoms with E-state index < -0.39 is 15.4 Å². The highest BCUT2D eigenvalue weighted by Gasteiger charge is 2.44. The monoisotopic (exact) mass is 336 g/mol. The highest BCUT2D eigenvalue weighted by atomic mass is 32.2. The van der Waals surface area contributed by atoms with Crippen molar-refractivity contribution < 1.29 is 13.2 Å². The average Bonchev–Trinajstić information content (AvgIpc) is 2.75. The number of carbonyl (C=O) groups is 1. The quantitative estimate of drug-likeness (QED) is 0.663. The van der Waals surface area contributed by atoms with Crippen LogP contribution >= 0.6 is 0 Å². The fourth-order valence-corrected chi connectivity index (χ4v) is 3.70. The molecule has 1 aliphatic carbocycles. The summed E-state index contributed by atoms with van der Waals surface area (Å²) in [7, 11) is -3.70. The second kappa shape index (κ2) is 6.43. The van der Waals surface area contributed by atoms with E-state index in [0.29, 0.717) is 12.3 Å². The topological polar surface area (TPSA) is 75.6 Å². The van der Waals surface area contributed by atoms with Crippen LogP contribution in [-0.4, -0.2) is 20.4 Å². The van der Waals surface area contributed by atoms with Gasteiger partial charge in [-0.15, -0.1) is 0 Å². The molecule has 0 bridgehead atoms. The molecule has 0 amide bonds. The van der Waals surface area contributed by atoms with Crippen molar-refractivity contribution >= 4 is 22.0 Å². The van der Waals surface area contributed by atoms with E-state index in [1.165, 1.54) is 18.3 Å². The Morgan fingerprint density at radius 2 is 1.91 bits per heavy atom. The Balaban J connectivity index is 2.09. The molecular formula is C17H24N2O3S. The first kappa shape index (κ1) is 17.7. The predicted molar refractivity (Wildman–Crippen MR) is 90.7 cm³/mol. The van der Waals surface area contributed by atoms with Gasteiger partial charge in [0.15, 0.2) is 0 Å². The van der Waals surface area contributed by atoms with Gasteiger partial charge < -0.3 is 0 Å². The van der Waals surface area contributed by atoms with Crippen LogP contribution in [0.15, 0.2) is 34.3 Å². The molecular weight excluding hydrogens is 312 g/mol. The van der Waals surface area contributed by atoms with Crippen LogP contribution in [0.25, 0.3) is 0 Å². The minimum Gasteiger partial charge on any atom is -0.298 e. The van der Waals surface area contributed by atoms with Gasteiger partial charge in [-0.25, -0.2) is 4.83 Å². The number of rotatable bonds is 5. The molecule has 2 rings (SSSR count). The SMILES string of the molecule is Cc1ccc(S(=O)(=O)N/N=C/[C@]2(C)CC[C@H](C(C)C)C2=O)cc1. The van der Waals surface area contributed by atoms with Crippen LogP contribution in [-0.2, 0) is 14.8 Å². The maximum absolute atomic E-state index is 12.5. The molecule has 1 aliphatic rings. The lowest BCUT2D eigenvalue weighted by Gasteiger charge is -2.18. The van der Waals surface area contributed by atoms with Crippen LogP contribution in [0.1, 0.15) is 39.2 Å². The molecule has 1 aromatic carbocycles. The Hall–Kier alpha value is -1.69. The van der Waals surface area contributed by atoms with Gasteiger partial charge in [0.25, 0.3) is 10.0 Å². The molecule has 1 saturated carbocycles. The maximum Gasteiger partial charge on any atom is 0.276 e. The first-order chi connectivity index (χ1) is 10.7. The summed E-state index contributed by atoms with van der Waals surface area (Å²) in [5, 5.41) is 3.86. The normalized spacial score (nSPS) is 25.4. The molecule has 5 nitrogen and oxygen atoms in total. The third kappa shape index (κ3) is 3.80. The summed E-state index contributed by atoms with van der Waals surface area (Å²) in [6.07, 6.45) is 2.97. The number of nitrogens with one attached hydrogen (secondary N) is 1. The standard InChI is InChI=1S/C17H24N2O3S/c1-12(2)15-9-10-17(4,16(15)20)11-18-19-23(21,22)14-7-5-13(3)6-8-14/h5-8,11-12,15,19H,9-10H2,1-4H3/b18-11+/t15-,17+/m1/s1. The van der Waals surface area contributed by atoms with Crippen molar-refractivity contribution in [3.63, 3.8) is 0 Å². The first-order valence-electron chi connectivity index (χ1n) is 7.83. The van der Waals surface area contributed by atoms with Crippen molar-refractivity contribution in [2.24, 2.45) is 22.4 Å². The van der Waals surface area contributed by atoms with Crippen molar-refractivity contribution in [2.45, 2.75) is 45.4 Å². The summed E-state index contributed by atoms with van der Waals surface area (Å²) in [4.78, 5) is 14.8. The van der Waals surface area contributed by atoms with Gasteiger partial charge in [0, 0.05) is 12.1 Å². The molecule has 0 radical (unpaired) electrons. The van der Waals surface area contributed by atoms with Crippen LogP contribution < -0.4 is 4.83 Å². The number of nitrogens with zero attached hydrogens (tertiary/aromatic N) is 1. The number of benzene rings is 1. The summed E-state index contributed by atoms with van der Waals surface area (Å²) in [6.45, 7) is 7.78. The Bertz CT molecular complexity index is 708. The Morgan fingerprint density at radius 3 is 2.43 bits per heavy atom. The summed E-state index contributed by atoms with van der Waals surface area (Å²) in [6, 6.07) is 6.52. The van der Waals surface area contributed by atoms with Crippen molar-refractivity contribution in [3.8, 4) is 0 Å². The minimum atomic E-state index is -3.70. The minimum absolute atomic E-state index is 0.0279. The molecule has 0 unspecified atom stereocenters. The highest BCUT2D eigenvalue weighted by Crippen LogP contribution is 2.40. The van der Waals surface area contributed by atoms with E-state index in [9.17, 15) is 13.2 Å². The third-order valence-electron chi connectivity index (χ3n) is 4.53. The van der Waals surface area contributed by atoms with Crippen molar-refractivity contribution in [1.29, 1.82) is 0 Å². The van der Waals surface area contributed by atoms with E-state index in [4.69, 9.17) is 0 Å². The van der Waals surface area contributed by atoms with E-state index in [-0.39, 0.29) is 16.6 Å². The predicted octanol–water partition coefficient (Wildman–Crippen LogP) is 2.90. The molecule has 126 valence electrons. The van der Waals surface area contributed by atoms with Gasteiger partial charge in [-0.2, -0.15) is 13.5 Å². The molecule has 1 aromatic rings. The Kier molecular flexibility index (Phi) is 4.94. The van der Waals surface area contributed by atoms with E-state index >= 15 is 0 Å². The largest absolute Gasteiger partial charge is 0.298 e. The number of sulfonamides is 1. The van der Waals surface area contributed by atoms with Crippen LogP contribution in [0.3, 0.4) is 0 Å². The lowest BCUT2D eigenvalue weighted by molar-refractivity contribution is -0.126. The van der Waals surface area contributed by atoms with Crippen molar-refractivity contribution in [1.82, 2.24) is 4.83 Å². The van der Waals surface area contributed by atoms with E-state index in [0.717, 1.165) is 12.0 Å². The first-order valence-corrected chi connectivity index (χ1v) is 9.31. The number of hydrogen-bond acceptors (Lipinski definition) is 4. The second-order valence-corrected chi connectivity index (χ2v) is 8.50. The molecule has 0 heterocycles. The number of carbonyl (C=O) groups excluding carboxylic acids is 1. The Morgan fingerprint density at radius 1 is 1.30 bits per heavy atom. The number of hydrazone groups is 1. The van der Waals surface area contributed by atoms with Crippen LogP contribution in [0.2, 0.25) is 0 Å². The zero-order valence-electron chi connectivity index (χ0n) is 14.0. The van der Waals surface area contributed by atoms with E-state index in [1.807, 2.05) is 27.7 Å². The summed E-state index contributed by atoms with van der Waals surface area (Å²) >= 11 is 0. The molecule has 2 atom stereocenters. The molecule has 0 saturated heterocycles. The Labute approximate surface area is 138 Å². The van der Waals surface area contributed by atoms with E-state index in [2.05, 4.69) is 9.93 Å². The molecule has 0 spiro atoms. The van der Waals surface area contributed by atoms with Gasteiger partial charge in [-0.1, -0.05) is 31.5 Å². The van der Waals surface area contributed by atoms with Crippen molar-refractivity contribution in [2.75, 3.05) is 0 Å².